The van der Waals surface area contributed by atoms with Gasteiger partial charge in [0.1, 0.15) is 0 Å². The molecule has 1 atom stereocenters. The number of rotatable bonds is 5. The number of para-hydroxylation sites is 2. The molecule has 1 aromatic carbocycles. The van der Waals surface area contributed by atoms with Crippen LogP contribution in [0.4, 0.5) is 0 Å². The molecule has 0 spiro atoms. The summed E-state index contributed by atoms with van der Waals surface area (Å²) in [6, 6.07) is 7.86. The lowest BCUT2D eigenvalue weighted by Crippen LogP contribution is -2.33. The fourth-order valence-corrected chi connectivity index (χ4v) is 3.31. The van der Waals surface area contributed by atoms with E-state index in [4.69, 9.17) is 5.73 Å². The Kier molecular flexibility index (Phi) is 6.07. The molecule has 0 saturated carbocycles. The predicted octanol–water partition coefficient (Wildman–Crippen LogP) is 1.58. The maximum atomic E-state index is 12.6. The van der Waals surface area contributed by atoms with Crippen molar-refractivity contribution in [3.05, 3.63) is 34.7 Å². The standard InChI is InChI=1S/C17H24N4O2.ClH/c1-2-9-20-14-5-3-4-6-15(14)21(17(20)23)11-8-16(22)19-10-7-13(18)12-19;/h3-6,13H,2,7-12,18H2,1H3;1H/t13-;/m1./s1. The van der Waals surface area contributed by atoms with Gasteiger partial charge in [-0.1, -0.05) is 19.1 Å². The normalized spacial score (nSPS) is 17.2. The van der Waals surface area contributed by atoms with Crippen LogP contribution in [0.1, 0.15) is 26.2 Å². The van der Waals surface area contributed by atoms with Gasteiger partial charge in [0.2, 0.25) is 5.91 Å². The number of likely N-dealkylation sites (tertiary alicyclic amines) is 1. The molecule has 0 unspecified atom stereocenters. The summed E-state index contributed by atoms with van der Waals surface area (Å²) in [5.41, 5.74) is 7.66. The van der Waals surface area contributed by atoms with Gasteiger partial charge in [0.05, 0.1) is 11.0 Å². The highest BCUT2D eigenvalue weighted by Gasteiger charge is 2.23. The Bertz CT molecular complexity index is 768. The molecule has 132 valence electrons. The summed E-state index contributed by atoms with van der Waals surface area (Å²) in [5, 5.41) is 0. The SMILES string of the molecule is CCCn1c(=O)n(CCC(=O)N2CC[C@@H](N)C2)c2ccccc21.Cl. The minimum atomic E-state index is -0.0287. The second-order valence-electron chi connectivity index (χ2n) is 6.21. The fraction of sp³-hybridized carbons (Fsp3) is 0.529. The second kappa shape index (κ2) is 7.85. The first-order valence-electron chi connectivity index (χ1n) is 8.33. The maximum absolute atomic E-state index is 12.6. The van der Waals surface area contributed by atoms with Gasteiger partial charge in [-0.25, -0.2) is 4.79 Å². The van der Waals surface area contributed by atoms with Gasteiger partial charge in [0.15, 0.2) is 0 Å². The number of aryl methyl sites for hydroxylation is 2. The van der Waals surface area contributed by atoms with Crippen LogP contribution in [0.5, 0.6) is 0 Å². The molecule has 1 amide bonds. The summed E-state index contributed by atoms with van der Waals surface area (Å²) in [5.74, 6) is 0.0807. The number of hydrogen-bond donors (Lipinski definition) is 1. The van der Waals surface area contributed by atoms with E-state index in [0.717, 1.165) is 30.4 Å². The van der Waals surface area contributed by atoms with Gasteiger partial charge in [0, 0.05) is 38.6 Å². The number of benzene rings is 1. The molecule has 1 aliphatic heterocycles. The quantitative estimate of drug-likeness (QED) is 0.888. The fourth-order valence-electron chi connectivity index (χ4n) is 3.31. The van der Waals surface area contributed by atoms with Crippen molar-refractivity contribution in [1.82, 2.24) is 14.0 Å². The topological polar surface area (TPSA) is 73.3 Å². The maximum Gasteiger partial charge on any atom is 0.329 e. The molecule has 3 rings (SSSR count). The van der Waals surface area contributed by atoms with E-state index in [1.54, 1.807) is 14.0 Å². The lowest BCUT2D eigenvalue weighted by molar-refractivity contribution is -0.130. The Balaban J connectivity index is 0.00000208. The van der Waals surface area contributed by atoms with E-state index >= 15 is 0 Å². The van der Waals surface area contributed by atoms with Gasteiger partial charge in [-0.15, -0.1) is 12.4 Å². The molecule has 1 aromatic heterocycles. The number of hydrogen-bond acceptors (Lipinski definition) is 3. The van der Waals surface area contributed by atoms with E-state index in [1.165, 1.54) is 0 Å². The van der Waals surface area contributed by atoms with Crippen molar-refractivity contribution in [2.45, 2.75) is 45.3 Å². The number of halogens is 1. The first kappa shape index (κ1) is 18.5. The summed E-state index contributed by atoms with van der Waals surface area (Å²) in [4.78, 5) is 26.7. The van der Waals surface area contributed by atoms with Crippen LogP contribution < -0.4 is 11.4 Å². The van der Waals surface area contributed by atoms with E-state index < -0.39 is 0 Å². The van der Waals surface area contributed by atoms with Crippen molar-refractivity contribution in [2.24, 2.45) is 5.73 Å². The van der Waals surface area contributed by atoms with E-state index in [0.29, 0.717) is 26.1 Å². The van der Waals surface area contributed by atoms with Gasteiger partial charge in [-0.05, 0) is 25.0 Å². The summed E-state index contributed by atoms with van der Waals surface area (Å²) >= 11 is 0. The largest absolute Gasteiger partial charge is 0.341 e. The lowest BCUT2D eigenvalue weighted by Gasteiger charge is -2.15. The zero-order valence-electron chi connectivity index (χ0n) is 14.0. The molecule has 0 radical (unpaired) electrons. The molecular weight excluding hydrogens is 328 g/mol. The Labute approximate surface area is 147 Å². The Morgan fingerprint density at radius 3 is 2.38 bits per heavy atom. The Morgan fingerprint density at radius 1 is 1.21 bits per heavy atom. The van der Waals surface area contributed by atoms with Crippen LogP contribution in [0.25, 0.3) is 11.0 Å². The first-order valence-corrected chi connectivity index (χ1v) is 8.33. The van der Waals surface area contributed by atoms with Crippen molar-refractivity contribution >= 4 is 29.3 Å². The molecule has 24 heavy (non-hydrogen) atoms. The minimum absolute atomic E-state index is 0. The van der Waals surface area contributed by atoms with Crippen LogP contribution in [0.3, 0.4) is 0 Å². The molecule has 1 aliphatic rings. The monoisotopic (exact) mass is 352 g/mol. The molecule has 0 bridgehead atoms. The summed E-state index contributed by atoms with van der Waals surface area (Å²) in [6.07, 6.45) is 2.10. The summed E-state index contributed by atoms with van der Waals surface area (Å²) < 4.78 is 3.52. The smallest absolute Gasteiger partial charge is 0.329 e. The van der Waals surface area contributed by atoms with Crippen LogP contribution >= 0.6 is 12.4 Å². The number of aromatic nitrogens is 2. The lowest BCUT2D eigenvalue weighted by atomic mass is 10.3. The Morgan fingerprint density at radius 2 is 1.83 bits per heavy atom. The van der Waals surface area contributed by atoms with Gasteiger partial charge in [-0.3, -0.25) is 13.9 Å². The highest BCUT2D eigenvalue weighted by atomic mass is 35.5. The zero-order valence-corrected chi connectivity index (χ0v) is 14.8. The average Bonchev–Trinajstić information content (AvgIpc) is 3.09. The molecule has 1 fully saturated rings. The van der Waals surface area contributed by atoms with Crippen LogP contribution in [-0.4, -0.2) is 39.1 Å². The first-order chi connectivity index (χ1) is 11.1. The van der Waals surface area contributed by atoms with Crippen molar-refractivity contribution in [2.75, 3.05) is 13.1 Å². The molecule has 2 aromatic rings. The summed E-state index contributed by atoms with van der Waals surface area (Å²) in [7, 11) is 0. The third-order valence-electron chi connectivity index (χ3n) is 4.50. The van der Waals surface area contributed by atoms with Gasteiger partial charge < -0.3 is 10.6 Å². The van der Waals surface area contributed by atoms with Crippen molar-refractivity contribution in [3.8, 4) is 0 Å². The molecule has 6 nitrogen and oxygen atoms in total. The third-order valence-corrected chi connectivity index (χ3v) is 4.50. The number of nitrogens with zero attached hydrogens (tertiary/aromatic N) is 3. The predicted molar refractivity (Wildman–Crippen MR) is 97.5 cm³/mol. The number of amides is 1. The van der Waals surface area contributed by atoms with Crippen molar-refractivity contribution in [3.63, 3.8) is 0 Å². The molecule has 0 aliphatic carbocycles. The minimum Gasteiger partial charge on any atom is -0.341 e. The van der Waals surface area contributed by atoms with E-state index in [9.17, 15) is 9.59 Å². The van der Waals surface area contributed by atoms with Gasteiger partial charge in [-0.2, -0.15) is 0 Å². The van der Waals surface area contributed by atoms with E-state index in [-0.39, 0.29) is 30.0 Å². The number of nitrogens with two attached hydrogens (primary N) is 1. The number of fused-ring (bicyclic) bond motifs is 1. The number of carbonyl (C=O) groups is 1. The highest BCUT2D eigenvalue weighted by Crippen LogP contribution is 2.15. The molecule has 1 saturated heterocycles. The van der Waals surface area contributed by atoms with Gasteiger partial charge >= 0.3 is 5.69 Å². The van der Waals surface area contributed by atoms with Crippen LogP contribution in [0.15, 0.2) is 29.1 Å². The third kappa shape index (κ3) is 3.49. The van der Waals surface area contributed by atoms with Crippen LogP contribution in [-0.2, 0) is 17.9 Å². The number of carbonyl (C=O) groups excluding carboxylic acids is 1. The second-order valence-corrected chi connectivity index (χ2v) is 6.21. The van der Waals surface area contributed by atoms with E-state index in [2.05, 4.69) is 6.92 Å². The number of imidazole rings is 1. The summed E-state index contributed by atoms with van der Waals surface area (Å²) in [6.45, 7) is 4.53. The molecular formula is C17H25ClN4O2. The van der Waals surface area contributed by atoms with Crippen LogP contribution in [0, 0.1) is 0 Å². The zero-order chi connectivity index (χ0) is 16.4. The molecule has 2 heterocycles. The van der Waals surface area contributed by atoms with Crippen molar-refractivity contribution < 1.29 is 4.79 Å². The highest BCUT2D eigenvalue weighted by molar-refractivity contribution is 5.85. The average molecular weight is 353 g/mol. The van der Waals surface area contributed by atoms with Crippen LogP contribution in [0.2, 0.25) is 0 Å². The van der Waals surface area contributed by atoms with Crippen molar-refractivity contribution in [1.29, 1.82) is 0 Å². The Hall–Kier alpha value is -1.79. The van der Waals surface area contributed by atoms with Gasteiger partial charge in [0.25, 0.3) is 0 Å². The molecule has 7 heteroatoms. The van der Waals surface area contributed by atoms with E-state index in [1.807, 2.05) is 24.3 Å². The molecule has 2 N–H and O–H groups in total.